The number of carbonyl (C=O) groups is 1. The number of sulfonamides is 1. The summed E-state index contributed by atoms with van der Waals surface area (Å²) in [6.45, 7) is 6.50. The first-order valence-corrected chi connectivity index (χ1v) is 10.3. The highest BCUT2D eigenvalue weighted by Crippen LogP contribution is 2.23. The van der Waals surface area contributed by atoms with Crippen LogP contribution in [0.15, 0.2) is 53.9 Å². The molecule has 0 aliphatic heterocycles. The summed E-state index contributed by atoms with van der Waals surface area (Å²) in [5, 5.41) is 0. The molecule has 25 heavy (non-hydrogen) atoms. The molecule has 1 N–H and O–H groups in total. The van der Waals surface area contributed by atoms with Gasteiger partial charge in [-0.3, -0.25) is 4.79 Å². The average Bonchev–Trinajstić information content (AvgIpc) is 2.99. The molecule has 1 amide bonds. The number of nitrogens with one attached hydrogen (secondary N) is 1. The van der Waals surface area contributed by atoms with Gasteiger partial charge in [-0.1, -0.05) is 24.6 Å². The molecular formula is C17H19ClN2O3S2. The van der Waals surface area contributed by atoms with Gasteiger partial charge in [0.15, 0.2) is 0 Å². The van der Waals surface area contributed by atoms with E-state index in [0.29, 0.717) is 29.5 Å². The van der Waals surface area contributed by atoms with Crippen LogP contribution in [-0.4, -0.2) is 32.3 Å². The van der Waals surface area contributed by atoms with Crippen LogP contribution in [-0.2, 0) is 16.6 Å². The normalized spacial score (nSPS) is 11.3. The summed E-state index contributed by atoms with van der Waals surface area (Å²) in [6.07, 6.45) is 1.65. The van der Waals surface area contributed by atoms with Crippen LogP contribution in [0.2, 0.25) is 4.34 Å². The van der Waals surface area contributed by atoms with E-state index in [4.69, 9.17) is 11.6 Å². The van der Waals surface area contributed by atoms with Gasteiger partial charge in [0.25, 0.3) is 5.91 Å². The number of hydrogen-bond donors (Lipinski definition) is 1. The zero-order valence-corrected chi connectivity index (χ0v) is 16.1. The van der Waals surface area contributed by atoms with Crippen LogP contribution in [0, 0.1) is 0 Å². The van der Waals surface area contributed by atoms with Crippen molar-refractivity contribution in [2.45, 2.75) is 18.4 Å². The lowest BCUT2D eigenvalue weighted by Crippen LogP contribution is -2.30. The molecule has 0 saturated heterocycles. The summed E-state index contributed by atoms with van der Waals surface area (Å²) in [4.78, 5) is 15.4. The van der Waals surface area contributed by atoms with Crippen molar-refractivity contribution in [3.63, 3.8) is 0 Å². The minimum absolute atomic E-state index is 0.131. The van der Waals surface area contributed by atoms with Crippen LogP contribution in [0.5, 0.6) is 0 Å². The van der Waals surface area contributed by atoms with Gasteiger partial charge < -0.3 is 4.90 Å². The lowest BCUT2D eigenvalue weighted by atomic mass is 10.2. The molecule has 0 unspecified atom stereocenters. The van der Waals surface area contributed by atoms with Crippen LogP contribution >= 0.6 is 22.9 Å². The number of halogens is 1. The summed E-state index contributed by atoms with van der Waals surface area (Å²) >= 11 is 7.35. The molecule has 1 heterocycles. The third-order valence-corrected chi connectivity index (χ3v) is 6.14. The van der Waals surface area contributed by atoms with Crippen LogP contribution < -0.4 is 4.72 Å². The standard InChI is InChI=1S/C17H19ClN2O3S2/c1-3-11-20(12-14-7-10-16(18)24-14)17(21)13-5-8-15(9-6-13)25(22,23)19-4-2/h3,5-10,19H,1,4,11-12H2,2H3. The van der Waals surface area contributed by atoms with E-state index in [1.54, 1.807) is 24.0 Å². The fourth-order valence-electron chi connectivity index (χ4n) is 2.23. The maximum absolute atomic E-state index is 12.7. The number of thiophene rings is 1. The summed E-state index contributed by atoms with van der Waals surface area (Å²) in [5.74, 6) is -0.197. The third-order valence-electron chi connectivity index (χ3n) is 3.36. The minimum atomic E-state index is -3.53. The first kappa shape index (κ1) is 19.7. The van der Waals surface area contributed by atoms with E-state index in [2.05, 4.69) is 11.3 Å². The van der Waals surface area contributed by atoms with Crippen molar-refractivity contribution in [2.24, 2.45) is 0 Å². The van der Waals surface area contributed by atoms with E-state index in [1.165, 1.54) is 35.6 Å². The molecule has 0 fully saturated rings. The summed E-state index contributed by atoms with van der Waals surface area (Å²) in [7, 11) is -3.53. The zero-order chi connectivity index (χ0) is 18.4. The lowest BCUT2D eigenvalue weighted by molar-refractivity contribution is 0.0764. The number of amides is 1. The average molecular weight is 399 g/mol. The first-order chi connectivity index (χ1) is 11.9. The molecule has 0 aliphatic rings. The molecule has 2 rings (SSSR count). The van der Waals surface area contributed by atoms with Gasteiger partial charge in [-0.15, -0.1) is 17.9 Å². The SMILES string of the molecule is C=CCN(Cc1ccc(Cl)s1)C(=O)c1ccc(S(=O)(=O)NCC)cc1. The van der Waals surface area contributed by atoms with Crippen molar-refractivity contribution < 1.29 is 13.2 Å². The molecule has 0 atom stereocenters. The van der Waals surface area contributed by atoms with Crippen LogP contribution in [0.1, 0.15) is 22.2 Å². The molecule has 0 bridgehead atoms. The smallest absolute Gasteiger partial charge is 0.254 e. The molecule has 1 aromatic carbocycles. The van der Waals surface area contributed by atoms with E-state index in [0.717, 1.165) is 4.88 Å². The van der Waals surface area contributed by atoms with Crippen LogP contribution in [0.4, 0.5) is 0 Å². The van der Waals surface area contributed by atoms with E-state index >= 15 is 0 Å². The van der Waals surface area contributed by atoms with E-state index in [1.807, 2.05) is 6.07 Å². The first-order valence-electron chi connectivity index (χ1n) is 7.61. The number of benzene rings is 1. The Bertz CT molecular complexity index is 845. The molecule has 0 spiro atoms. The van der Waals surface area contributed by atoms with Gasteiger partial charge in [-0.25, -0.2) is 13.1 Å². The molecule has 8 heteroatoms. The highest BCUT2D eigenvalue weighted by atomic mass is 35.5. The Hall–Kier alpha value is -1.67. The van der Waals surface area contributed by atoms with E-state index < -0.39 is 10.0 Å². The topological polar surface area (TPSA) is 66.5 Å². The predicted octanol–water partition coefficient (Wildman–Crippen LogP) is 3.53. The second-order valence-corrected chi connectivity index (χ2v) is 8.77. The Morgan fingerprint density at radius 1 is 1.28 bits per heavy atom. The van der Waals surface area contributed by atoms with Crippen molar-refractivity contribution in [1.29, 1.82) is 0 Å². The summed E-state index contributed by atoms with van der Waals surface area (Å²) in [5.41, 5.74) is 0.417. The van der Waals surface area contributed by atoms with Gasteiger partial charge in [0, 0.05) is 23.5 Å². The molecule has 0 radical (unpaired) electrons. The van der Waals surface area contributed by atoms with Crippen molar-refractivity contribution in [2.75, 3.05) is 13.1 Å². The van der Waals surface area contributed by atoms with Crippen molar-refractivity contribution in [3.05, 3.63) is 63.8 Å². The lowest BCUT2D eigenvalue weighted by Gasteiger charge is -2.20. The fraction of sp³-hybridized carbons (Fsp3) is 0.235. The van der Waals surface area contributed by atoms with Gasteiger partial charge in [0.05, 0.1) is 15.8 Å². The van der Waals surface area contributed by atoms with Crippen molar-refractivity contribution in [3.8, 4) is 0 Å². The summed E-state index contributed by atoms with van der Waals surface area (Å²) < 4.78 is 27.0. The maximum Gasteiger partial charge on any atom is 0.254 e. The summed E-state index contributed by atoms with van der Waals surface area (Å²) in [6, 6.07) is 9.56. The van der Waals surface area contributed by atoms with Crippen molar-refractivity contribution >= 4 is 38.9 Å². The van der Waals surface area contributed by atoms with Gasteiger partial charge >= 0.3 is 0 Å². The zero-order valence-electron chi connectivity index (χ0n) is 13.7. The molecule has 0 aliphatic carbocycles. The number of rotatable bonds is 8. The molecule has 1 aromatic heterocycles. The second kappa shape index (κ2) is 8.62. The Labute approximate surface area is 157 Å². The van der Waals surface area contributed by atoms with Crippen LogP contribution in [0.3, 0.4) is 0 Å². The molecule has 5 nitrogen and oxygen atoms in total. The maximum atomic E-state index is 12.7. The number of carbonyl (C=O) groups excluding carboxylic acids is 1. The Morgan fingerprint density at radius 2 is 1.96 bits per heavy atom. The van der Waals surface area contributed by atoms with Crippen LogP contribution in [0.25, 0.3) is 0 Å². The third kappa shape index (κ3) is 5.15. The highest BCUT2D eigenvalue weighted by Gasteiger charge is 2.18. The largest absolute Gasteiger partial charge is 0.330 e. The quantitative estimate of drug-likeness (QED) is 0.692. The van der Waals surface area contributed by atoms with Gasteiger partial charge in [-0.2, -0.15) is 0 Å². The molecule has 2 aromatic rings. The van der Waals surface area contributed by atoms with Gasteiger partial charge in [0.1, 0.15) is 0 Å². The van der Waals surface area contributed by atoms with Gasteiger partial charge in [-0.05, 0) is 36.4 Å². The predicted molar refractivity (Wildman–Crippen MR) is 102 cm³/mol. The molecule has 134 valence electrons. The minimum Gasteiger partial charge on any atom is -0.330 e. The Morgan fingerprint density at radius 3 is 2.48 bits per heavy atom. The molecule has 0 saturated carbocycles. The number of hydrogen-bond acceptors (Lipinski definition) is 4. The number of nitrogens with zero attached hydrogens (tertiary/aromatic N) is 1. The molecular weight excluding hydrogens is 380 g/mol. The highest BCUT2D eigenvalue weighted by molar-refractivity contribution is 7.89. The Balaban J connectivity index is 2.19. The Kier molecular flexibility index (Phi) is 6.78. The fourth-order valence-corrected chi connectivity index (χ4v) is 4.38. The van der Waals surface area contributed by atoms with E-state index in [-0.39, 0.29) is 10.8 Å². The van der Waals surface area contributed by atoms with Crippen molar-refractivity contribution in [1.82, 2.24) is 9.62 Å². The van der Waals surface area contributed by atoms with Gasteiger partial charge in [0.2, 0.25) is 10.0 Å². The monoisotopic (exact) mass is 398 g/mol. The second-order valence-electron chi connectivity index (χ2n) is 5.21. The van der Waals surface area contributed by atoms with E-state index in [9.17, 15) is 13.2 Å².